The lowest BCUT2D eigenvalue weighted by molar-refractivity contribution is -0.140. The van der Waals surface area contributed by atoms with E-state index < -0.39 is 40.8 Å². The van der Waals surface area contributed by atoms with Crippen LogP contribution in [0, 0.1) is 40.9 Å². The molecule has 0 N–H and O–H groups in total. The molecule has 172 valence electrons. The number of ether oxygens (including phenoxy) is 3. The zero-order valence-corrected chi connectivity index (χ0v) is 17.6. The minimum absolute atomic E-state index is 0.0766. The standard InChI is InChI=1S/C25H19F5O3/c1-31-7-6-17-12-33-23(13-32-17)16-10-20(26)19(21(27)11-16)5-3-14-2-4-18-15(8-14)9-22(28)25(30)24(18)29/h2,4,8-11,17,23H,6-7,12-13H2,1H3/t17-,23-/m1/s1. The van der Waals surface area contributed by atoms with E-state index in [2.05, 4.69) is 11.8 Å². The Bertz CT molecular complexity index is 1220. The molecule has 0 aliphatic carbocycles. The van der Waals surface area contributed by atoms with Crippen LogP contribution in [-0.4, -0.2) is 33.0 Å². The van der Waals surface area contributed by atoms with Gasteiger partial charge in [0.25, 0.3) is 0 Å². The molecule has 1 aliphatic rings. The fourth-order valence-electron chi connectivity index (χ4n) is 3.57. The maximum Gasteiger partial charge on any atom is 0.195 e. The van der Waals surface area contributed by atoms with Gasteiger partial charge >= 0.3 is 0 Å². The van der Waals surface area contributed by atoms with E-state index in [0.29, 0.717) is 18.6 Å². The molecule has 0 amide bonds. The highest BCUT2D eigenvalue weighted by Gasteiger charge is 2.25. The van der Waals surface area contributed by atoms with Crippen molar-refractivity contribution in [2.75, 3.05) is 26.9 Å². The van der Waals surface area contributed by atoms with Crippen LogP contribution in [0.3, 0.4) is 0 Å². The van der Waals surface area contributed by atoms with Crippen molar-refractivity contribution in [2.45, 2.75) is 18.6 Å². The number of hydrogen-bond donors (Lipinski definition) is 0. The van der Waals surface area contributed by atoms with E-state index in [9.17, 15) is 22.0 Å². The van der Waals surface area contributed by atoms with Crippen LogP contribution in [0.4, 0.5) is 22.0 Å². The van der Waals surface area contributed by atoms with Crippen molar-refractivity contribution in [1.29, 1.82) is 0 Å². The molecule has 0 saturated carbocycles. The second kappa shape index (κ2) is 9.87. The van der Waals surface area contributed by atoms with Crippen molar-refractivity contribution in [3.8, 4) is 11.8 Å². The van der Waals surface area contributed by atoms with Crippen molar-refractivity contribution in [3.05, 3.63) is 82.2 Å². The minimum Gasteiger partial charge on any atom is -0.385 e. The maximum absolute atomic E-state index is 14.6. The molecule has 4 rings (SSSR count). The summed E-state index contributed by atoms with van der Waals surface area (Å²) in [5.41, 5.74) is 0.0892. The number of benzene rings is 3. The van der Waals surface area contributed by atoms with Gasteiger partial charge in [-0.2, -0.15) is 0 Å². The summed E-state index contributed by atoms with van der Waals surface area (Å²) in [5, 5.41) is -0.0481. The summed E-state index contributed by atoms with van der Waals surface area (Å²) in [5.74, 6) is -0.965. The Kier molecular flexibility index (Phi) is 6.94. The van der Waals surface area contributed by atoms with Crippen LogP contribution >= 0.6 is 0 Å². The van der Waals surface area contributed by atoms with Crippen LogP contribution < -0.4 is 0 Å². The van der Waals surface area contributed by atoms with Gasteiger partial charge in [-0.1, -0.05) is 17.9 Å². The van der Waals surface area contributed by atoms with Crippen LogP contribution in [0.25, 0.3) is 10.8 Å². The zero-order chi connectivity index (χ0) is 23.5. The van der Waals surface area contributed by atoms with Gasteiger partial charge in [0.15, 0.2) is 17.5 Å². The first-order chi connectivity index (χ1) is 15.9. The van der Waals surface area contributed by atoms with Gasteiger partial charge < -0.3 is 14.2 Å². The first-order valence-electron chi connectivity index (χ1n) is 10.2. The van der Waals surface area contributed by atoms with Gasteiger partial charge in [0.05, 0.1) is 24.9 Å². The first-order valence-corrected chi connectivity index (χ1v) is 10.2. The van der Waals surface area contributed by atoms with Crippen LogP contribution in [0.15, 0.2) is 36.4 Å². The summed E-state index contributed by atoms with van der Waals surface area (Å²) in [4.78, 5) is 0. The van der Waals surface area contributed by atoms with E-state index in [1.54, 1.807) is 7.11 Å². The van der Waals surface area contributed by atoms with Gasteiger partial charge in [-0.3, -0.25) is 0 Å². The Labute approximate surface area is 187 Å². The summed E-state index contributed by atoms with van der Waals surface area (Å²) in [6.45, 7) is 0.961. The normalized spacial score (nSPS) is 18.2. The first kappa shape index (κ1) is 23.2. The summed E-state index contributed by atoms with van der Waals surface area (Å²) in [6, 6.07) is 7.02. The highest BCUT2D eigenvalue weighted by Crippen LogP contribution is 2.27. The van der Waals surface area contributed by atoms with Gasteiger partial charge in [0.2, 0.25) is 0 Å². The maximum atomic E-state index is 14.6. The largest absolute Gasteiger partial charge is 0.385 e. The molecule has 0 bridgehead atoms. The zero-order valence-electron chi connectivity index (χ0n) is 17.6. The average molecular weight is 462 g/mol. The number of methoxy groups -OCH3 is 1. The van der Waals surface area contributed by atoms with E-state index in [4.69, 9.17) is 14.2 Å². The van der Waals surface area contributed by atoms with Crippen molar-refractivity contribution >= 4 is 10.8 Å². The Morgan fingerprint density at radius 2 is 1.64 bits per heavy atom. The quantitative estimate of drug-likeness (QED) is 0.294. The highest BCUT2D eigenvalue weighted by atomic mass is 19.2. The lowest BCUT2D eigenvalue weighted by Crippen LogP contribution is -2.32. The van der Waals surface area contributed by atoms with Crippen molar-refractivity contribution in [1.82, 2.24) is 0 Å². The summed E-state index contributed by atoms with van der Waals surface area (Å²) < 4.78 is 86.3. The predicted molar refractivity (Wildman–Crippen MR) is 111 cm³/mol. The van der Waals surface area contributed by atoms with E-state index in [0.717, 1.165) is 18.2 Å². The summed E-state index contributed by atoms with van der Waals surface area (Å²) in [6.07, 6.45) is -0.0920. The molecule has 2 atom stereocenters. The molecule has 0 aromatic heterocycles. The Balaban J connectivity index is 1.54. The van der Waals surface area contributed by atoms with Crippen molar-refractivity contribution in [2.24, 2.45) is 0 Å². The number of fused-ring (bicyclic) bond motifs is 1. The monoisotopic (exact) mass is 462 g/mol. The fourth-order valence-corrected chi connectivity index (χ4v) is 3.57. The lowest BCUT2D eigenvalue weighted by atomic mass is 10.0. The fraction of sp³-hybridized carbons (Fsp3) is 0.280. The van der Waals surface area contributed by atoms with Gasteiger partial charge in [0, 0.05) is 24.7 Å². The van der Waals surface area contributed by atoms with Crippen LogP contribution in [0.1, 0.15) is 29.2 Å². The van der Waals surface area contributed by atoms with Crippen LogP contribution in [0.2, 0.25) is 0 Å². The highest BCUT2D eigenvalue weighted by molar-refractivity contribution is 5.84. The van der Waals surface area contributed by atoms with Gasteiger partial charge in [-0.25, -0.2) is 22.0 Å². The molecule has 3 aromatic carbocycles. The van der Waals surface area contributed by atoms with E-state index in [-0.39, 0.29) is 35.7 Å². The topological polar surface area (TPSA) is 27.7 Å². The Hall–Kier alpha value is -2.99. The SMILES string of the molecule is COCC[C@@H]1CO[C@@H](c2cc(F)c(C#Cc3ccc4c(F)c(F)c(F)cc4c3)c(F)c2)CO1. The smallest absolute Gasteiger partial charge is 0.195 e. The lowest BCUT2D eigenvalue weighted by Gasteiger charge is -2.29. The summed E-state index contributed by atoms with van der Waals surface area (Å²) >= 11 is 0. The molecule has 3 aromatic rings. The summed E-state index contributed by atoms with van der Waals surface area (Å²) in [7, 11) is 1.59. The van der Waals surface area contributed by atoms with Crippen LogP contribution in [0.5, 0.6) is 0 Å². The second-order valence-electron chi connectivity index (χ2n) is 7.59. The minimum atomic E-state index is -1.57. The molecule has 1 heterocycles. The van der Waals surface area contributed by atoms with E-state index >= 15 is 0 Å². The van der Waals surface area contributed by atoms with Crippen LogP contribution in [-0.2, 0) is 14.2 Å². The second-order valence-corrected chi connectivity index (χ2v) is 7.59. The third-order valence-corrected chi connectivity index (χ3v) is 5.35. The molecule has 0 unspecified atom stereocenters. The van der Waals surface area contributed by atoms with Gasteiger partial charge in [0.1, 0.15) is 17.7 Å². The molecule has 33 heavy (non-hydrogen) atoms. The molecule has 8 heteroatoms. The third-order valence-electron chi connectivity index (χ3n) is 5.35. The molecule has 0 spiro atoms. The Morgan fingerprint density at radius 1 is 0.879 bits per heavy atom. The van der Waals surface area contributed by atoms with Gasteiger partial charge in [-0.05, 0) is 47.7 Å². The van der Waals surface area contributed by atoms with E-state index in [1.165, 1.54) is 18.2 Å². The predicted octanol–water partition coefficient (Wildman–Crippen LogP) is 5.43. The molecule has 3 nitrogen and oxygen atoms in total. The molecule has 1 saturated heterocycles. The number of hydrogen-bond acceptors (Lipinski definition) is 3. The molecular formula is C25H19F5O3. The molecule has 0 radical (unpaired) electrons. The number of halogens is 5. The Morgan fingerprint density at radius 3 is 2.30 bits per heavy atom. The van der Waals surface area contributed by atoms with Crippen molar-refractivity contribution < 1.29 is 36.2 Å². The molecular weight excluding hydrogens is 443 g/mol. The van der Waals surface area contributed by atoms with Gasteiger partial charge in [-0.15, -0.1) is 0 Å². The van der Waals surface area contributed by atoms with E-state index in [1.807, 2.05) is 0 Å². The number of rotatable bonds is 4. The van der Waals surface area contributed by atoms with Crippen molar-refractivity contribution in [3.63, 3.8) is 0 Å². The third kappa shape index (κ3) is 5.01. The average Bonchev–Trinajstić information content (AvgIpc) is 2.81. The molecule has 1 aliphatic heterocycles. The molecule has 1 fully saturated rings.